The maximum absolute atomic E-state index is 4.59. The zero-order valence-electron chi connectivity index (χ0n) is 10.9. The molecule has 0 N–H and O–H groups in total. The minimum atomic E-state index is 0.713. The summed E-state index contributed by atoms with van der Waals surface area (Å²) in [5.41, 5.74) is 3.80. The van der Waals surface area contributed by atoms with Crippen molar-refractivity contribution in [2.24, 2.45) is 5.92 Å². The van der Waals surface area contributed by atoms with Crippen LogP contribution >= 0.6 is 11.3 Å². The maximum Gasteiger partial charge on any atom is 0.123 e. The molecule has 0 bridgehead atoms. The number of aromatic nitrogens is 1. The molecule has 0 amide bonds. The molecule has 1 heterocycles. The highest BCUT2D eigenvalue weighted by molar-refractivity contribution is 7.15. The van der Waals surface area contributed by atoms with Crippen molar-refractivity contribution >= 4 is 11.3 Å². The minimum Gasteiger partial charge on any atom is -0.241 e. The quantitative estimate of drug-likeness (QED) is 0.768. The van der Waals surface area contributed by atoms with Crippen LogP contribution in [0.15, 0.2) is 24.3 Å². The highest BCUT2D eigenvalue weighted by Gasteiger charge is 2.06. The molecule has 0 unspecified atom stereocenters. The molecular formula is C15H19NS. The molecule has 17 heavy (non-hydrogen) atoms. The lowest BCUT2D eigenvalue weighted by Gasteiger charge is -2.05. The largest absolute Gasteiger partial charge is 0.241 e. The molecule has 0 spiro atoms. The van der Waals surface area contributed by atoms with E-state index in [1.54, 1.807) is 11.3 Å². The van der Waals surface area contributed by atoms with Crippen LogP contribution in [-0.4, -0.2) is 4.98 Å². The third kappa shape index (κ3) is 2.95. The monoisotopic (exact) mass is 245 g/mol. The Kier molecular flexibility index (Phi) is 3.63. The van der Waals surface area contributed by atoms with Crippen LogP contribution in [0.25, 0.3) is 10.6 Å². The summed E-state index contributed by atoms with van der Waals surface area (Å²) < 4.78 is 0. The smallest absolute Gasteiger partial charge is 0.123 e. The third-order valence-electron chi connectivity index (χ3n) is 2.87. The molecule has 2 rings (SSSR count). The van der Waals surface area contributed by atoms with Gasteiger partial charge in [0.05, 0.1) is 5.69 Å². The Balaban J connectivity index is 2.23. The molecule has 1 aromatic heterocycles. The SMILES string of the molecule is Cc1nc(-c2ccc(CC(C)C)cc2)sc1C. The number of rotatable bonds is 3. The zero-order chi connectivity index (χ0) is 12.4. The summed E-state index contributed by atoms with van der Waals surface area (Å²) >= 11 is 1.78. The molecule has 2 aromatic rings. The van der Waals surface area contributed by atoms with Crippen LogP contribution in [0.1, 0.15) is 30.0 Å². The van der Waals surface area contributed by atoms with Gasteiger partial charge >= 0.3 is 0 Å². The van der Waals surface area contributed by atoms with Crippen LogP contribution in [0.2, 0.25) is 0 Å². The van der Waals surface area contributed by atoms with Crippen molar-refractivity contribution in [3.8, 4) is 10.6 Å². The summed E-state index contributed by atoms with van der Waals surface area (Å²) in [6.07, 6.45) is 1.15. The van der Waals surface area contributed by atoms with Crippen LogP contribution in [-0.2, 0) is 6.42 Å². The molecule has 0 aliphatic rings. The van der Waals surface area contributed by atoms with Crippen LogP contribution in [0.3, 0.4) is 0 Å². The van der Waals surface area contributed by atoms with Crippen molar-refractivity contribution in [3.05, 3.63) is 40.4 Å². The topological polar surface area (TPSA) is 12.9 Å². The molecule has 1 aromatic carbocycles. The molecule has 2 heteroatoms. The van der Waals surface area contributed by atoms with Crippen LogP contribution in [0.5, 0.6) is 0 Å². The lowest BCUT2D eigenvalue weighted by atomic mass is 10.0. The van der Waals surface area contributed by atoms with E-state index in [0.29, 0.717) is 5.92 Å². The molecule has 1 nitrogen and oxygen atoms in total. The molecule has 90 valence electrons. The molecule has 0 aliphatic heterocycles. The molecule has 0 saturated heterocycles. The number of thiazole rings is 1. The van der Waals surface area contributed by atoms with E-state index < -0.39 is 0 Å². The Morgan fingerprint density at radius 2 is 1.76 bits per heavy atom. The normalized spacial score (nSPS) is 11.1. The molecule has 0 fully saturated rings. The maximum atomic E-state index is 4.59. The van der Waals surface area contributed by atoms with Gasteiger partial charge in [-0.05, 0) is 31.7 Å². The molecular weight excluding hydrogens is 226 g/mol. The lowest BCUT2D eigenvalue weighted by Crippen LogP contribution is -1.93. The van der Waals surface area contributed by atoms with E-state index in [0.717, 1.165) is 17.1 Å². The van der Waals surface area contributed by atoms with E-state index >= 15 is 0 Å². The number of benzene rings is 1. The Morgan fingerprint density at radius 3 is 2.24 bits per heavy atom. The molecule has 0 atom stereocenters. The van der Waals surface area contributed by atoms with Crippen molar-refractivity contribution in [3.63, 3.8) is 0 Å². The van der Waals surface area contributed by atoms with E-state index in [1.807, 2.05) is 0 Å². The van der Waals surface area contributed by atoms with Crippen molar-refractivity contribution in [2.45, 2.75) is 34.1 Å². The average molecular weight is 245 g/mol. The van der Waals surface area contributed by atoms with Crippen LogP contribution < -0.4 is 0 Å². The average Bonchev–Trinajstić information content (AvgIpc) is 2.59. The number of aryl methyl sites for hydroxylation is 2. The van der Waals surface area contributed by atoms with E-state index in [2.05, 4.69) is 56.9 Å². The summed E-state index contributed by atoms with van der Waals surface area (Å²) in [4.78, 5) is 5.90. The summed E-state index contributed by atoms with van der Waals surface area (Å²) in [5.74, 6) is 0.713. The highest BCUT2D eigenvalue weighted by atomic mass is 32.1. The Morgan fingerprint density at radius 1 is 1.12 bits per heavy atom. The number of hydrogen-bond acceptors (Lipinski definition) is 2. The van der Waals surface area contributed by atoms with Crippen LogP contribution in [0.4, 0.5) is 0 Å². The number of hydrogen-bond donors (Lipinski definition) is 0. The van der Waals surface area contributed by atoms with E-state index in [9.17, 15) is 0 Å². The Labute approximate surface area is 108 Å². The fourth-order valence-corrected chi connectivity index (χ4v) is 2.77. The second-order valence-corrected chi connectivity index (χ2v) is 6.16. The fraction of sp³-hybridized carbons (Fsp3) is 0.400. The first kappa shape index (κ1) is 12.3. The van der Waals surface area contributed by atoms with Crippen molar-refractivity contribution in [1.82, 2.24) is 4.98 Å². The molecule has 0 saturated carbocycles. The summed E-state index contributed by atoms with van der Waals surface area (Å²) in [5, 5.41) is 1.14. The van der Waals surface area contributed by atoms with Gasteiger partial charge in [-0.1, -0.05) is 38.1 Å². The van der Waals surface area contributed by atoms with Gasteiger partial charge in [-0.2, -0.15) is 0 Å². The van der Waals surface area contributed by atoms with Gasteiger partial charge in [-0.25, -0.2) is 4.98 Å². The second-order valence-electron chi connectivity index (χ2n) is 4.96. The lowest BCUT2D eigenvalue weighted by molar-refractivity contribution is 0.647. The Hall–Kier alpha value is -1.15. The van der Waals surface area contributed by atoms with E-state index in [4.69, 9.17) is 0 Å². The highest BCUT2D eigenvalue weighted by Crippen LogP contribution is 2.27. The Bertz CT molecular complexity index is 475. The summed E-state index contributed by atoms with van der Waals surface area (Å²) in [6.45, 7) is 8.70. The minimum absolute atomic E-state index is 0.713. The molecule has 0 aliphatic carbocycles. The zero-order valence-corrected chi connectivity index (χ0v) is 11.8. The summed E-state index contributed by atoms with van der Waals surface area (Å²) in [6, 6.07) is 8.83. The van der Waals surface area contributed by atoms with Gasteiger partial charge in [0.2, 0.25) is 0 Å². The second kappa shape index (κ2) is 5.01. The van der Waals surface area contributed by atoms with Crippen LogP contribution in [0, 0.1) is 19.8 Å². The first-order valence-corrected chi connectivity index (χ1v) is 6.91. The predicted molar refractivity (Wildman–Crippen MR) is 75.6 cm³/mol. The first-order valence-electron chi connectivity index (χ1n) is 6.09. The van der Waals surface area contributed by atoms with Gasteiger partial charge in [0, 0.05) is 10.4 Å². The molecule has 0 radical (unpaired) electrons. The van der Waals surface area contributed by atoms with Crippen molar-refractivity contribution in [2.75, 3.05) is 0 Å². The van der Waals surface area contributed by atoms with Gasteiger partial charge < -0.3 is 0 Å². The van der Waals surface area contributed by atoms with Gasteiger partial charge in [-0.15, -0.1) is 11.3 Å². The van der Waals surface area contributed by atoms with Gasteiger partial charge in [0.25, 0.3) is 0 Å². The van der Waals surface area contributed by atoms with E-state index in [-0.39, 0.29) is 0 Å². The van der Waals surface area contributed by atoms with Gasteiger partial charge in [-0.3, -0.25) is 0 Å². The van der Waals surface area contributed by atoms with E-state index in [1.165, 1.54) is 16.0 Å². The third-order valence-corrected chi connectivity index (χ3v) is 4.00. The first-order chi connectivity index (χ1) is 8.06. The number of nitrogens with zero attached hydrogens (tertiary/aromatic N) is 1. The summed E-state index contributed by atoms with van der Waals surface area (Å²) in [7, 11) is 0. The fourth-order valence-electron chi connectivity index (χ4n) is 1.85. The van der Waals surface area contributed by atoms with Gasteiger partial charge in [0.15, 0.2) is 0 Å². The van der Waals surface area contributed by atoms with Gasteiger partial charge in [0.1, 0.15) is 5.01 Å². The van der Waals surface area contributed by atoms with Crippen molar-refractivity contribution < 1.29 is 0 Å². The standard InChI is InChI=1S/C15H19NS/c1-10(2)9-13-5-7-14(8-6-13)15-16-11(3)12(4)17-15/h5-8,10H,9H2,1-4H3. The van der Waals surface area contributed by atoms with Crippen molar-refractivity contribution in [1.29, 1.82) is 0 Å². The predicted octanol–water partition coefficient (Wildman–Crippen LogP) is 4.63.